The molecule has 0 saturated carbocycles. The molecule has 0 spiro atoms. The first kappa shape index (κ1) is 14.3. The Balaban J connectivity index is 1.85. The Bertz CT molecular complexity index is 754. The molecule has 1 atom stereocenters. The molecule has 1 aromatic carbocycles. The smallest absolute Gasteiger partial charge is 0.232 e. The molecule has 2 heterocycles. The molecule has 3 rings (SSSR count). The van der Waals surface area contributed by atoms with Crippen molar-refractivity contribution in [3.63, 3.8) is 0 Å². The van der Waals surface area contributed by atoms with Gasteiger partial charge in [0.1, 0.15) is 5.75 Å². The topological polar surface area (TPSA) is 112 Å². The fourth-order valence-electron chi connectivity index (χ4n) is 2.01. The quantitative estimate of drug-likeness (QED) is 0.563. The Morgan fingerprint density at radius 2 is 2.14 bits per heavy atom. The lowest BCUT2D eigenvalue weighted by Gasteiger charge is -2.11. The molecule has 22 heavy (non-hydrogen) atoms. The first-order valence-electron chi connectivity index (χ1n) is 6.75. The van der Waals surface area contributed by atoms with Gasteiger partial charge in [-0.1, -0.05) is 0 Å². The molecule has 1 unspecified atom stereocenters. The van der Waals surface area contributed by atoms with Crippen LogP contribution in [-0.4, -0.2) is 44.5 Å². The molecular weight excluding hydrogens is 286 g/mol. The highest BCUT2D eigenvalue weighted by molar-refractivity contribution is 5.75. The van der Waals surface area contributed by atoms with Crippen LogP contribution in [0.25, 0.3) is 22.7 Å². The van der Waals surface area contributed by atoms with E-state index in [0.717, 1.165) is 0 Å². The predicted molar refractivity (Wildman–Crippen MR) is 80.5 cm³/mol. The lowest BCUT2D eigenvalue weighted by atomic mass is 10.1. The van der Waals surface area contributed by atoms with E-state index in [1.165, 1.54) is 6.07 Å². The number of phenolic OH excluding ortho intramolecular Hbond substituents is 1. The maximum atomic E-state index is 10.1. The van der Waals surface area contributed by atoms with Crippen molar-refractivity contribution < 1.29 is 19.7 Å². The molecule has 7 heteroatoms. The second kappa shape index (κ2) is 6.00. The maximum Gasteiger partial charge on any atom is 0.232 e. The molecule has 2 aromatic heterocycles. The van der Waals surface area contributed by atoms with Gasteiger partial charge >= 0.3 is 0 Å². The van der Waals surface area contributed by atoms with E-state index in [-0.39, 0.29) is 24.8 Å². The third-order valence-corrected chi connectivity index (χ3v) is 3.15. The highest BCUT2D eigenvalue weighted by Crippen LogP contribution is 2.32. The van der Waals surface area contributed by atoms with Crippen molar-refractivity contribution >= 4 is 16.9 Å². The molecule has 7 nitrogen and oxygen atoms in total. The monoisotopic (exact) mass is 301 g/mol. The van der Waals surface area contributed by atoms with Gasteiger partial charge in [0.05, 0.1) is 18.3 Å². The lowest BCUT2D eigenvalue weighted by molar-refractivity contribution is 0.105. The molecule has 0 aliphatic carbocycles. The molecule has 114 valence electrons. The largest absolute Gasteiger partial charge is 0.507 e. The van der Waals surface area contributed by atoms with Crippen LogP contribution >= 0.6 is 0 Å². The highest BCUT2D eigenvalue weighted by atomic mass is 16.4. The van der Waals surface area contributed by atoms with Gasteiger partial charge in [-0.15, -0.1) is 0 Å². The van der Waals surface area contributed by atoms with E-state index in [2.05, 4.69) is 15.3 Å². The minimum Gasteiger partial charge on any atom is -0.507 e. The van der Waals surface area contributed by atoms with Crippen LogP contribution < -0.4 is 5.32 Å². The number of rotatable bonds is 5. The zero-order chi connectivity index (χ0) is 15.5. The summed E-state index contributed by atoms with van der Waals surface area (Å²) in [5.41, 5.74) is 2.09. The first-order valence-corrected chi connectivity index (χ1v) is 6.75. The summed E-state index contributed by atoms with van der Waals surface area (Å²) in [4.78, 5) is 8.31. The van der Waals surface area contributed by atoms with E-state index in [4.69, 9.17) is 9.52 Å². The van der Waals surface area contributed by atoms with Crippen molar-refractivity contribution in [1.82, 2.24) is 9.97 Å². The van der Waals surface area contributed by atoms with Crippen molar-refractivity contribution in [2.45, 2.75) is 6.10 Å². The number of aliphatic hydroxyl groups is 2. The average molecular weight is 301 g/mol. The second-order valence-corrected chi connectivity index (χ2v) is 4.79. The van der Waals surface area contributed by atoms with E-state index in [0.29, 0.717) is 22.5 Å². The molecule has 0 aliphatic heterocycles. The minimum absolute atomic E-state index is 0.00459. The highest BCUT2D eigenvalue weighted by Gasteiger charge is 2.13. The van der Waals surface area contributed by atoms with Gasteiger partial charge < -0.3 is 25.1 Å². The van der Waals surface area contributed by atoms with Gasteiger partial charge in [0.2, 0.25) is 5.89 Å². The average Bonchev–Trinajstić information content (AvgIpc) is 2.96. The number of fused-ring (bicyclic) bond motifs is 1. The molecule has 0 fully saturated rings. The summed E-state index contributed by atoms with van der Waals surface area (Å²) >= 11 is 0. The van der Waals surface area contributed by atoms with Gasteiger partial charge in [0, 0.05) is 24.5 Å². The summed E-state index contributed by atoms with van der Waals surface area (Å²) in [5, 5.41) is 31.1. The summed E-state index contributed by atoms with van der Waals surface area (Å²) in [6.07, 6.45) is 0.762. The summed E-state index contributed by atoms with van der Waals surface area (Å²) < 4.78 is 5.56. The summed E-state index contributed by atoms with van der Waals surface area (Å²) in [7, 11) is 0. The summed E-state index contributed by atoms with van der Waals surface area (Å²) in [5.74, 6) is 0.281. The summed E-state index contributed by atoms with van der Waals surface area (Å²) in [6, 6.07) is 8.38. The van der Waals surface area contributed by atoms with E-state index < -0.39 is 6.10 Å². The molecule has 0 bridgehead atoms. The summed E-state index contributed by atoms with van der Waals surface area (Å²) in [6.45, 7) is -0.144. The normalized spacial score (nSPS) is 12.5. The van der Waals surface area contributed by atoms with Crippen LogP contribution in [0, 0.1) is 0 Å². The van der Waals surface area contributed by atoms with Crippen LogP contribution in [0.5, 0.6) is 5.75 Å². The SMILES string of the molecule is OCC(O)CNc1ccc(-c2nc3ncccc3o2)c(O)c1. The Morgan fingerprint density at radius 3 is 2.86 bits per heavy atom. The van der Waals surface area contributed by atoms with Crippen LogP contribution in [0.2, 0.25) is 0 Å². The van der Waals surface area contributed by atoms with E-state index >= 15 is 0 Å². The Labute approximate surface area is 125 Å². The number of pyridine rings is 1. The maximum absolute atomic E-state index is 10.1. The van der Waals surface area contributed by atoms with Crippen molar-refractivity contribution in [3.05, 3.63) is 36.5 Å². The van der Waals surface area contributed by atoms with Crippen molar-refractivity contribution in [2.24, 2.45) is 0 Å². The first-order chi connectivity index (χ1) is 10.7. The Hall–Kier alpha value is -2.64. The third-order valence-electron chi connectivity index (χ3n) is 3.15. The Kier molecular flexibility index (Phi) is 3.90. The number of hydrogen-bond donors (Lipinski definition) is 4. The zero-order valence-electron chi connectivity index (χ0n) is 11.6. The lowest BCUT2D eigenvalue weighted by Crippen LogP contribution is -2.22. The second-order valence-electron chi connectivity index (χ2n) is 4.79. The van der Waals surface area contributed by atoms with Crippen LogP contribution in [0.3, 0.4) is 0 Å². The number of nitrogens with one attached hydrogen (secondary N) is 1. The molecule has 0 saturated heterocycles. The van der Waals surface area contributed by atoms with Crippen LogP contribution in [0.15, 0.2) is 40.9 Å². The van der Waals surface area contributed by atoms with E-state index in [1.807, 2.05) is 0 Å². The number of benzene rings is 1. The molecule has 0 aliphatic rings. The van der Waals surface area contributed by atoms with Crippen LogP contribution in [0.4, 0.5) is 5.69 Å². The van der Waals surface area contributed by atoms with Gasteiger partial charge in [0.15, 0.2) is 11.2 Å². The molecule has 3 aromatic rings. The van der Waals surface area contributed by atoms with Gasteiger partial charge in [0.25, 0.3) is 0 Å². The standard InChI is InChI=1S/C15H15N3O4/c19-8-10(20)7-17-9-3-4-11(12(21)6-9)15-18-14-13(22-15)2-1-5-16-14/h1-6,10,17,19-21H,7-8H2. The van der Waals surface area contributed by atoms with E-state index in [1.54, 1.807) is 30.5 Å². The van der Waals surface area contributed by atoms with Crippen LogP contribution in [0.1, 0.15) is 0 Å². The number of aromatic nitrogens is 2. The fraction of sp³-hybridized carbons (Fsp3) is 0.200. The molecular formula is C15H15N3O4. The van der Waals surface area contributed by atoms with Gasteiger partial charge in [-0.3, -0.25) is 0 Å². The molecule has 0 radical (unpaired) electrons. The third kappa shape index (κ3) is 2.85. The van der Waals surface area contributed by atoms with Crippen LogP contribution in [-0.2, 0) is 0 Å². The predicted octanol–water partition coefficient (Wildman–Crippen LogP) is 1.36. The zero-order valence-corrected chi connectivity index (χ0v) is 11.6. The number of phenols is 1. The fourth-order valence-corrected chi connectivity index (χ4v) is 2.01. The number of aromatic hydroxyl groups is 1. The minimum atomic E-state index is -0.857. The number of aliphatic hydroxyl groups excluding tert-OH is 2. The number of nitrogens with zero attached hydrogens (tertiary/aromatic N) is 2. The van der Waals surface area contributed by atoms with E-state index in [9.17, 15) is 10.2 Å². The van der Waals surface area contributed by atoms with Gasteiger partial charge in [-0.2, -0.15) is 4.98 Å². The molecule has 0 amide bonds. The number of anilines is 1. The molecule has 4 N–H and O–H groups in total. The van der Waals surface area contributed by atoms with Crippen molar-refractivity contribution in [3.8, 4) is 17.2 Å². The van der Waals surface area contributed by atoms with Crippen molar-refractivity contribution in [1.29, 1.82) is 0 Å². The Morgan fingerprint density at radius 1 is 1.27 bits per heavy atom. The number of hydrogen-bond acceptors (Lipinski definition) is 7. The van der Waals surface area contributed by atoms with Crippen molar-refractivity contribution in [2.75, 3.05) is 18.5 Å². The van der Waals surface area contributed by atoms with Gasteiger partial charge in [-0.05, 0) is 24.3 Å². The van der Waals surface area contributed by atoms with Gasteiger partial charge in [-0.25, -0.2) is 4.98 Å². The number of oxazole rings is 1.